The molecule has 180 valence electrons. The highest BCUT2D eigenvalue weighted by Crippen LogP contribution is 2.35. The number of carboxylic acid groups (broad SMARTS) is 1. The number of aromatic nitrogens is 4. The first-order valence-electron chi connectivity index (χ1n) is 11.3. The fourth-order valence-corrected chi connectivity index (χ4v) is 4.93. The molecule has 0 radical (unpaired) electrons. The fraction of sp³-hybridized carbons (Fsp3) is 0.478. The third-order valence-corrected chi connectivity index (χ3v) is 6.73. The van der Waals surface area contributed by atoms with Crippen LogP contribution in [-0.2, 0) is 0 Å². The summed E-state index contributed by atoms with van der Waals surface area (Å²) < 4.78 is 22.0. The van der Waals surface area contributed by atoms with Gasteiger partial charge in [-0.1, -0.05) is 0 Å². The number of halogens is 1. The molecule has 1 amide bonds. The van der Waals surface area contributed by atoms with Gasteiger partial charge in [-0.2, -0.15) is 15.1 Å². The normalized spacial score (nSPS) is 23.0. The summed E-state index contributed by atoms with van der Waals surface area (Å²) in [5.41, 5.74) is 2.55. The zero-order valence-corrected chi connectivity index (χ0v) is 19.1. The number of hydrogen-bond acceptors (Lipinski definition) is 7. The molecule has 0 spiro atoms. The van der Waals surface area contributed by atoms with Crippen molar-refractivity contribution in [2.75, 3.05) is 38.2 Å². The van der Waals surface area contributed by atoms with Crippen molar-refractivity contribution in [3.63, 3.8) is 0 Å². The molecule has 2 aliphatic rings. The quantitative estimate of drug-likeness (QED) is 0.598. The Kier molecular flexibility index (Phi) is 5.72. The molecule has 5 rings (SSSR count). The van der Waals surface area contributed by atoms with Crippen molar-refractivity contribution in [3.05, 3.63) is 35.5 Å². The number of fused-ring (bicyclic) bond motifs is 1. The minimum atomic E-state index is -1.29. The molecule has 4 heterocycles. The van der Waals surface area contributed by atoms with Crippen LogP contribution in [0.4, 0.5) is 15.0 Å². The summed E-state index contributed by atoms with van der Waals surface area (Å²) in [7, 11) is 1.50. The number of rotatable bonds is 4. The highest BCUT2D eigenvalue weighted by atomic mass is 19.1. The number of nitrogens with zero attached hydrogens (tertiary/aromatic N) is 6. The Morgan fingerprint density at radius 1 is 1.15 bits per heavy atom. The number of likely N-dealkylation sites (tertiary alicyclic amines) is 1. The van der Waals surface area contributed by atoms with E-state index in [1.807, 2.05) is 24.0 Å². The van der Waals surface area contributed by atoms with Crippen molar-refractivity contribution in [1.29, 1.82) is 0 Å². The number of aliphatic hydroxyl groups is 1. The lowest BCUT2D eigenvalue weighted by atomic mass is 9.85. The van der Waals surface area contributed by atoms with E-state index in [9.17, 15) is 15.0 Å². The maximum atomic E-state index is 15.0. The van der Waals surface area contributed by atoms with E-state index < -0.39 is 24.3 Å². The molecular weight excluding hydrogens is 443 g/mol. The van der Waals surface area contributed by atoms with Gasteiger partial charge in [-0.25, -0.2) is 13.9 Å². The molecular formula is C23H27FN6O4. The maximum Gasteiger partial charge on any atom is 0.407 e. The molecule has 1 aromatic carbocycles. The van der Waals surface area contributed by atoms with E-state index in [0.717, 1.165) is 26.9 Å². The molecule has 2 fully saturated rings. The highest BCUT2D eigenvalue weighted by Gasteiger charge is 2.33. The molecule has 10 nitrogen and oxygen atoms in total. The number of amides is 1. The first kappa shape index (κ1) is 22.3. The molecule has 2 saturated heterocycles. The second kappa shape index (κ2) is 8.71. The Morgan fingerprint density at radius 3 is 2.62 bits per heavy atom. The molecule has 0 aliphatic carbocycles. The van der Waals surface area contributed by atoms with E-state index >= 15 is 4.39 Å². The minimum Gasteiger partial charge on any atom is -0.467 e. The van der Waals surface area contributed by atoms with E-state index in [1.165, 1.54) is 7.11 Å². The number of benzene rings is 1. The summed E-state index contributed by atoms with van der Waals surface area (Å²) in [6, 6.07) is 5.89. The number of β-amino-alcohol motifs (C(OH)–C–C–N with tert-alkyl or cyclic N) is 1. The van der Waals surface area contributed by atoms with E-state index in [4.69, 9.17) is 4.74 Å². The summed E-state index contributed by atoms with van der Waals surface area (Å²) in [5, 5.41) is 24.6. The van der Waals surface area contributed by atoms with Gasteiger partial charge in [0.05, 0.1) is 31.5 Å². The van der Waals surface area contributed by atoms with Gasteiger partial charge in [0.1, 0.15) is 12.0 Å². The number of alkyl halides is 1. The molecule has 2 unspecified atom stereocenters. The van der Waals surface area contributed by atoms with Gasteiger partial charge in [0.2, 0.25) is 0 Å². The molecule has 34 heavy (non-hydrogen) atoms. The first-order chi connectivity index (χ1) is 16.3. The number of carbonyl (C=O) groups is 1. The van der Waals surface area contributed by atoms with Gasteiger partial charge in [-0.15, -0.1) is 0 Å². The van der Waals surface area contributed by atoms with Crippen molar-refractivity contribution in [2.45, 2.75) is 38.0 Å². The lowest BCUT2D eigenvalue weighted by molar-refractivity contribution is 0.0962. The SMILES string of the molecule is COc1nc(N2CC[C@H](O)C2)cc(-n2ncc3cc(C)c(C4CCN(C(=O)O)CC4F)cc32)n1. The highest BCUT2D eigenvalue weighted by molar-refractivity contribution is 5.82. The van der Waals surface area contributed by atoms with Crippen LogP contribution >= 0.6 is 0 Å². The second-order valence-electron chi connectivity index (χ2n) is 8.92. The standard InChI is InChI=1S/C23H27FN6O4/c1-13-7-14-10-25-30(19(14)8-17(13)16-4-6-29(23(32)33)12-18(16)24)21-9-20(26-22(27-21)34-2)28-5-3-15(31)11-28/h7-10,15-16,18,31H,3-6,11-12H2,1-2H3,(H,32,33)/t15-,16?,18?/m0/s1. The summed E-state index contributed by atoms with van der Waals surface area (Å²) in [5.74, 6) is 0.745. The number of aryl methyl sites for hydroxylation is 1. The van der Waals surface area contributed by atoms with Gasteiger partial charge in [0.15, 0.2) is 5.82 Å². The molecule has 11 heteroatoms. The average molecular weight is 471 g/mol. The molecule has 2 aliphatic heterocycles. The van der Waals surface area contributed by atoms with Gasteiger partial charge < -0.3 is 24.7 Å². The Hall–Kier alpha value is -3.47. The van der Waals surface area contributed by atoms with Gasteiger partial charge in [0.25, 0.3) is 0 Å². The number of hydrogen-bond donors (Lipinski definition) is 2. The molecule has 3 aromatic rings. The number of methoxy groups -OCH3 is 1. The van der Waals surface area contributed by atoms with Gasteiger partial charge >= 0.3 is 12.1 Å². The lowest BCUT2D eigenvalue weighted by Crippen LogP contribution is -2.43. The summed E-state index contributed by atoms with van der Waals surface area (Å²) >= 11 is 0. The summed E-state index contributed by atoms with van der Waals surface area (Å²) in [6.07, 6.45) is 0.0354. The molecule has 3 atom stereocenters. The Balaban J connectivity index is 1.54. The van der Waals surface area contributed by atoms with Crippen LogP contribution < -0.4 is 9.64 Å². The van der Waals surface area contributed by atoms with E-state index in [2.05, 4.69) is 15.1 Å². The third kappa shape index (κ3) is 4.00. The zero-order chi connectivity index (χ0) is 24.0. The van der Waals surface area contributed by atoms with E-state index in [1.54, 1.807) is 16.9 Å². The third-order valence-electron chi connectivity index (χ3n) is 6.73. The molecule has 2 aromatic heterocycles. The molecule has 2 N–H and O–H groups in total. The largest absolute Gasteiger partial charge is 0.467 e. The first-order valence-corrected chi connectivity index (χ1v) is 11.3. The predicted molar refractivity (Wildman–Crippen MR) is 123 cm³/mol. The van der Waals surface area contributed by atoms with Crippen LogP contribution in [0.3, 0.4) is 0 Å². The van der Waals surface area contributed by atoms with Crippen LogP contribution in [0.5, 0.6) is 6.01 Å². The number of anilines is 1. The van der Waals surface area contributed by atoms with Crippen LogP contribution in [0.25, 0.3) is 16.7 Å². The number of aliphatic hydroxyl groups excluding tert-OH is 1. The van der Waals surface area contributed by atoms with Crippen LogP contribution in [0.15, 0.2) is 24.4 Å². The van der Waals surface area contributed by atoms with E-state index in [0.29, 0.717) is 44.1 Å². The molecule has 0 bridgehead atoms. The topological polar surface area (TPSA) is 117 Å². The van der Waals surface area contributed by atoms with Crippen LogP contribution in [0, 0.1) is 6.92 Å². The number of ether oxygens (including phenoxy) is 1. The van der Waals surface area contributed by atoms with Crippen LogP contribution in [0.2, 0.25) is 0 Å². The summed E-state index contributed by atoms with van der Waals surface area (Å²) in [6.45, 7) is 3.26. The molecule has 0 saturated carbocycles. The van der Waals surface area contributed by atoms with Crippen LogP contribution in [-0.4, -0.2) is 86.5 Å². The van der Waals surface area contributed by atoms with Crippen LogP contribution in [0.1, 0.15) is 29.9 Å². The van der Waals surface area contributed by atoms with Gasteiger partial charge in [-0.3, -0.25) is 0 Å². The maximum absolute atomic E-state index is 15.0. The second-order valence-corrected chi connectivity index (χ2v) is 8.92. The predicted octanol–water partition coefficient (Wildman–Crippen LogP) is 2.51. The Bertz CT molecular complexity index is 1230. The Labute approximate surface area is 195 Å². The zero-order valence-electron chi connectivity index (χ0n) is 19.1. The monoisotopic (exact) mass is 470 g/mol. The fourth-order valence-electron chi connectivity index (χ4n) is 4.93. The lowest BCUT2D eigenvalue weighted by Gasteiger charge is -2.34. The van der Waals surface area contributed by atoms with Gasteiger partial charge in [-0.05, 0) is 43.0 Å². The van der Waals surface area contributed by atoms with Crippen molar-refractivity contribution >= 4 is 22.8 Å². The summed E-state index contributed by atoms with van der Waals surface area (Å²) in [4.78, 5) is 23.3. The smallest absolute Gasteiger partial charge is 0.407 e. The van der Waals surface area contributed by atoms with E-state index in [-0.39, 0.29) is 12.6 Å². The average Bonchev–Trinajstić information content (AvgIpc) is 3.44. The van der Waals surface area contributed by atoms with Crippen molar-refractivity contribution in [3.8, 4) is 11.8 Å². The van der Waals surface area contributed by atoms with Crippen molar-refractivity contribution < 1.29 is 24.1 Å². The van der Waals surface area contributed by atoms with Crippen molar-refractivity contribution in [1.82, 2.24) is 24.6 Å². The number of piperidine rings is 1. The van der Waals surface area contributed by atoms with Crippen molar-refractivity contribution in [2.24, 2.45) is 0 Å². The Morgan fingerprint density at radius 2 is 1.94 bits per heavy atom. The minimum absolute atomic E-state index is 0.134. The van der Waals surface area contributed by atoms with Gasteiger partial charge in [0, 0.05) is 37.0 Å².